The third-order valence-corrected chi connectivity index (χ3v) is 1.31. The third-order valence-electron chi connectivity index (χ3n) is 1.31. The molecule has 56 valence electrons. The van der Waals surface area contributed by atoms with Crippen molar-refractivity contribution in [2.75, 3.05) is 13.6 Å². The molecule has 2 amide bonds. The van der Waals surface area contributed by atoms with Crippen molar-refractivity contribution >= 4 is 12.0 Å². The van der Waals surface area contributed by atoms with Gasteiger partial charge in [0.05, 0.1) is 6.54 Å². The highest BCUT2D eigenvalue weighted by Crippen LogP contribution is 2.06. The summed E-state index contributed by atoms with van der Waals surface area (Å²) in [5, 5.41) is 0. The van der Waals surface area contributed by atoms with E-state index >= 15 is 0 Å². The first-order chi connectivity index (χ1) is 4.61. The molecule has 0 spiro atoms. The minimum Gasteiger partial charge on any atom is -0.434 e. The number of rotatable bonds is 1. The summed E-state index contributed by atoms with van der Waals surface area (Å²) in [5.74, 6) is -0.599. The van der Waals surface area contributed by atoms with Crippen molar-refractivity contribution in [2.24, 2.45) is 5.73 Å². The van der Waals surface area contributed by atoms with Crippen molar-refractivity contribution in [3.05, 3.63) is 0 Å². The average molecular weight is 144 g/mol. The molecule has 0 bridgehead atoms. The van der Waals surface area contributed by atoms with Crippen molar-refractivity contribution in [3.63, 3.8) is 0 Å². The van der Waals surface area contributed by atoms with E-state index in [1.165, 1.54) is 4.90 Å². The van der Waals surface area contributed by atoms with Crippen molar-refractivity contribution in [1.82, 2.24) is 4.90 Å². The normalized spacial score (nSPS) is 24.7. The van der Waals surface area contributed by atoms with Crippen LogP contribution in [-0.4, -0.2) is 36.6 Å². The van der Waals surface area contributed by atoms with Gasteiger partial charge < -0.3 is 15.4 Å². The summed E-state index contributed by atoms with van der Waals surface area (Å²) in [7, 11) is 1.55. The molecule has 1 aliphatic heterocycles. The van der Waals surface area contributed by atoms with E-state index in [0.717, 1.165) is 0 Å². The van der Waals surface area contributed by atoms with Crippen molar-refractivity contribution in [1.29, 1.82) is 0 Å². The molecule has 0 aliphatic carbocycles. The van der Waals surface area contributed by atoms with Crippen molar-refractivity contribution < 1.29 is 14.3 Å². The topological polar surface area (TPSA) is 72.6 Å². The van der Waals surface area contributed by atoms with Crippen LogP contribution in [0.15, 0.2) is 0 Å². The van der Waals surface area contributed by atoms with Gasteiger partial charge in [-0.3, -0.25) is 4.79 Å². The molecule has 0 radical (unpaired) electrons. The Morgan fingerprint density at radius 3 is 2.70 bits per heavy atom. The van der Waals surface area contributed by atoms with Crippen molar-refractivity contribution in [2.45, 2.75) is 6.10 Å². The summed E-state index contributed by atoms with van der Waals surface area (Å²) >= 11 is 0. The highest BCUT2D eigenvalue weighted by Gasteiger charge is 2.31. The zero-order valence-electron chi connectivity index (χ0n) is 5.53. The quantitative estimate of drug-likeness (QED) is 0.509. The molecule has 1 unspecified atom stereocenters. The zero-order valence-corrected chi connectivity index (χ0v) is 5.53. The Labute approximate surface area is 57.7 Å². The minimum absolute atomic E-state index is 0.258. The van der Waals surface area contributed by atoms with Crippen molar-refractivity contribution in [3.8, 4) is 0 Å². The highest BCUT2D eigenvalue weighted by molar-refractivity contribution is 5.84. The standard InChI is InChI=1S/C5H8N2O3/c1-7-2-3(4(6)8)10-5(7)9/h3H,2H2,1H3,(H2,6,8). The Morgan fingerprint density at radius 2 is 2.50 bits per heavy atom. The number of hydrogen-bond donors (Lipinski definition) is 1. The van der Waals surface area contributed by atoms with E-state index in [9.17, 15) is 9.59 Å². The van der Waals surface area contributed by atoms with E-state index < -0.39 is 18.1 Å². The fourth-order valence-corrected chi connectivity index (χ4v) is 0.720. The number of cyclic esters (lactones) is 1. The Kier molecular flexibility index (Phi) is 1.48. The molecule has 0 aromatic rings. The molecule has 0 aromatic heterocycles. The summed E-state index contributed by atoms with van der Waals surface area (Å²) in [6.07, 6.45) is -1.26. The monoisotopic (exact) mass is 144 g/mol. The molecule has 0 aromatic carbocycles. The van der Waals surface area contributed by atoms with Gasteiger partial charge in [-0.25, -0.2) is 4.79 Å². The Bertz CT molecular complexity index is 180. The second-order valence-electron chi connectivity index (χ2n) is 2.16. The van der Waals surface area contributed by atoms with Gasteiger partial charge in [0.25, 0.3) is 5.91 Å². The van der Waals surface area contributed by atoms with Crippen LogP contribution in [0, 0.1) is 0 Å². The predicted octanol–water partition coefficient (Wildman–Crippen LogP) is -1.08. The van der Waals surface area contributed by atoms with Crippen LogP contribution in [0.2, 0.25) is 0 Å². The van der Waals surface area contributed by atoms with Crippen LogP contribution in [0.25, 0.3) is 0 Å². The summed E-state index contributed by atoms with van der Waals surface area (Å²) in [6.45, 7) is 0.258. The second-order valence-corrected chi connectivity index (χ2v) is 2.16. The number of ether oxygens (including phenoxy) is 1. The smallest absolute Gasteiger partial charge is 0.410 e. The Morgan fingerprint density at radius 1 is 1.90 bits per heavy atom. The number of hydrogen-bond acceptors (Lipinski definition) is 3. The fourth-order valence-electron chi connectivity index (χ4n) is 0.720. The van der Waals surface area contributed by atoms with Gasteiger partial charge in [0.1, 0.15) is 0 Å². The fraction of sp³-hybridized carbons (Fsp3) is 0.600. The molecular weight excluding hydrogens is 136 g/mol. The van der Waals surface area contributed by atoms with Crippen LogP contribution in [-0.2, 0) is 9.53 Å². The maximum atomic E-state index is 10.6. The number of nitrogens with zero attached hydrogens (tertiary/aromatic N) is 1. The molecular formula is C5H8N2O3. The van der Waals surface area contributed by atoms with Gasteiger partial charge in [0.2, 0.25) is 0 Å². The van der Waals surface area contributed by atoms with Gasteiger partial charge in [-0.05, 0) is 0 Å². The van der Waals surface area contributed by atoms with Crippen LogP contribution in [0.1, 0.15) is 0 Å². The molecule has 1 aliphatic rings. The van der Waals surface area contributed by atoms with Crippen LogP contribution < -0.4 is 5.73 Å². The summed E-state index contributed by atoms with van der Waals surface area (Å²) < 4.78 is 4.55. The number of primary amides is 1. The number of nitrogens with two attached hydrogens (primary N) is 1. The van der Waals surface area contributed by atoms with Gasteiger partial charge in [0.15, 0.2) is 6.10 Å². The number of likely N-dealkylation sites (N-methyl/N-ethyl adjacent to an activating group) is 1. The first-order valence-corrected chi connectivity index (χ1v) is 2.82. The minimum atomic E-state index is -0.766. The van der Waals surface area contributed by atoms with E-state index in [-0.39, 0.29) is 6.54 Å². The Balaban J connectivity index is 2.57. The van der Waals surface area contributed by atoms with Crippen LogP contribution >= 0.6 is 0 Å². The van der Waals surface area contributed by atoms with Crippen LogP contribution in [0.3, 0.4) is 0 Å². The molecule has 1 fully saturated rings. The lowest BCUT2D eigenvalue weighted by Gasteiger charge is -2.00. The lowest BCUT2D eigenvalue weighted by molar-refractivity contribution is -0.124. The van der Waals surface area contributed by atoms with E-state index in [1.807, 2.05) is 0 Å². The summed E-state index contributed by atoms with van der Waals surface area (Å²) in [6, 6.07) is 0. The second kappa shape index (κ2) is 2.17. The number of carbonyl (C=O) groups is 2. The molecule has 1 saturated heterocycles. The molecule has 5 heteroatoms. The van der Waals surface area contributed by atoms with Crippen LogP contribution in [0.5, 0.6) is 0 Å². The lowest BCUT2D eigenvalue weighted by atomic mass is 10.3. The number of carbonyl (C=O) groups excluding carboxylic acids is 2. The highest BCUT2D eigenvalue weighted by atomic mass is 16.6. The van der Waals surface area contributed by atoms with E-state index in [0.29, 0.717) is 0 Å². The van der Waals surface area contributed by atoms with Gasteiger partial charge >= 0.3 is 6.09 Å². The van der Waals surface area contributed by atoms with Gasteiger partial charge in [-0.2, -0.15) is 0 Å². The maximum absolute atomic E-state index is 10.6. The van der Waals surface area contributed by atoms with Gasteiger partial charge in [-0.15, -0.1) is 0 Å². The molecule has 1 heterocycles. The summed E-state index contributed by atoms with van der Waals surface area (Å²) in [4.78, 5) is 22.3. The third kappa shape index (κ3) is 1.02. The molecule has 2 N–H and O–H groups in total. The molecule has 0 saturated carbocycles. The average Bonchev–Trinajstić information content (AvgIpc) is 2.13. The zero-order chi connectivity index (χ0) is 7.72. The largest absolute Gasteiger partial charge is 0.434 e. The molecule has 5 nitrogen and oxygen atoms in total. The predicted molar refractivity (Wildman–Crippen MR) is 32.1 cm³/mol. The first kappa shape index (κ1) is 6.85. The molecule has 1 rings (SSSR count). The summed E-state index contributed by atoms with van der Waals surface area (Å²) in [5.41, 5.74) is 4.88. The number of amides is 2. The first-order valence-electron chi connectivity index (χ1n) is 2.82. The molecule has 1 atom stereocenters. The maximum Gasteiger partial charge on any atom is 0.410 e. The SMILES string of the molecule is CN1CC(C(N)=O)OC1=O. The van der Waals surface area contributed by atoms with E-state index in [4.69, 9.17) is 5.73 Å². The van der Waals surface area contributed by atoms with E-state index in [1.54, 1.807) is 7.05 Å². The lowest BCUT2D eigenvalue weighted by Crippen LogP contribution is -2.31. The molecule has 10 heavy (non-hydrogen) atoms. The van der Waals surface area contributed by atoms with E-state index in [2.05, 4.69) is 4.74 Å². The van der Waals surface area contributed by atoms with Gasteiger partial charge in [-0.1, -0.05) is 0 Å². The Hall–Kier alpha value is -1.26. The van der Waals surface area contributed by atoms with Gasteiger partial charge in [0, 0.05) is 7.05 Å². The van der Waals surface area contributed by atoms with Crippen LogP contribution in [0.4, 0.5) is 4.79 Å².